The summed E-state index contributed by atoms with van der Waals surface area (Å²) >= 11 is 0. The summed E-state index contributed by atoms with van der Waals surface area (Å²) in [6.45, 7) is 0. The van der Waals surface area contributed by atoms with Crippen LogP contribution in [0.5, 0.6) is 0 Å². The van der Waals surface area contributed by atoms with Crippen LogP contribution in [0.2, 0.25) is 0 Å². The number of tetrazole rings is 1. The van der Waals surface area contributed by atoms with Crippen molar-refractivity contribution in [3.05, 3.63) is 35.7 Å². The van der Waals surface area contributed by atoms with Crippen LogP contribution in [0.15, 0.2) is 24.3 Å². The van der Waals surface area contributed by atoms with Gasteiger partial charge in [0.2, 0.25) is 0 Å². The Hall–Kier alpha value is -2.77. The van der Waals surface area contributed by atoms with Gasteiger partial charge in [0.05, 0.1) is 0 Å². The van der Waals surface area contributed by atoms with Crippen LogP contribution >= 0.6 is 0 Å². The molecule has 8 nitrogen and oxygen atoms in total. The molecule has 0 unspecified atom stereocenters. The average molecular weight is 246 g/mol. The number of benzene rings is 1. The lowest BCUT2D eigenvalue weighted by Gasteiger charge is -2.03. The number of aromatic amines is 1. The van der Waals surface area contributed by atoms with Crippen molar-refractivity contribution in [3.8, 4) is 0 Å². The molecule has 1 heterocycles. The Bertz CT molecular complexity index is 548. The summed E-state index contributed by atoms with van der Waals surface area (Å²) < 4.78 is 0. The minimum atomic E-state index is -0.476. The molecule has 0 radical (unpaired) electrons. The van der Waals surface area contributed by atoms with Crippen LogP contribution in [0.4, 0.5) is 5.69 Å². The number of nitrogens with zero attached hydrogens (tertiary/aromatic N) is 3. The number of hydrogen-bond donors (Lipinski definition) is 3. The average Bonchev–Trinajstić information content (AvgIpc) is 2.92. The topological polar surface area (TPSA) is 113 Å². The van der Waals surface area contributed by atoms with Gasteiger partial charge in [-0.3, -0.25) is 9.59 Å². The second-order valence-electron chi connectivity index (χ2n) is 3.35. The molecule has 0 aliphatic rings. The normalized spacial score (nSPS) is 9.83. The maximum atomic E-state index is 11.6. The quantitative estimate of drug-likeness (QED) is 0.694. The van der Waals surface area contributed by atoms with E-state index in [-0.39, 0.29) is 11.7 Å². The summed E-state index contributed by atoms with van der Waals surface area (Å²) in [5.74, 6) is -0.715. The number of nitrogens with one attached hydrogen (secondary N) is 3. The lowest BCUT2D eigenvalue weighted by Crippen LogP contribution is -2.18. The largest absolute Gasteiger partial charge is 0.355 e. The van der Waals surface area contributed by atoms with E-state index in [1.807, 2.05) is 0 Å². The molecule has 1 aromatic heterocycles. The molecule has 2 aromatic rings. The molecule has 0 atom stereocenters. The summed E-state index contributed by atoms with van der Waals surface area (Å²) in [5, 5.41) is 17.6. The van der Waals surface area contributed by atoms with Crippen molar-refractivity contribution in [1.29, 1.82) is 0 Å². The standard InChI is InChI=1S/C10H10N6O2/c1-11-9(17)6-2-4-7(5-3-6)12-10(18)8-13-15-16-14-8/h2-5H,1H3,(H,11,17)(H,12,18)(H,13,14,15,16). The van der Waals surface area contributed by atoms with Crippen LogP contribution in [0.1, 0.15) is 21.0 Å². The van der Waals surface area contributed by atoms with Gasteiger partial charge >= 0.3 is 0 Å². The third-order valence-corrected chi connectivity index (χ3v) is 2.18. The minimum Gasteiger partial charge on any atom is -0.355 e. The predicted molar refractivity (Wildman–Crippen MR) is 62.0 cm³/mol. The molecule has 0 aliphatic carbocycles. The summed E-state index contributed by atoms with van der Waals surface area (Å²) in [6.07, 6.45) is 0. The Balaban J connectivity index is 2.07. The minimum absolute atomic E-state index is 0.0506. The second kappa shape index (κ2) is 5.04. The van der Waals surface area contributed by atoms with Gasteiger partial charge in [-0.05, 0) is 29.5 Å². The second-order valence-corrected chi connectivity index (χ2v) is 3.35. The molecule has 0 saturated carbocycles. The number of carbonyl (C=O) groups is 2. The van der Waals surface area contributed by atoms with E-state index < -0.39 is 5.91 Å². The van der Waals surface area contributed by atoms with Gasteiger partial charge in [0.15, 0.2) is 0 Å². The summed E-state index contributed by atoms with van der Waals surface area (Å²) in [7, 11) is 1.55. The van der Waals surface area contributed by atoms with Crippen LogP contribution in [0.25, 0.3) is 0 Å². The molecule has 0 saturated heterocycles. The molecule has 0 fully saturated rings. The van der Waals surface area contributed by atoms with Crippen molar-refractivity contribution in [2.45, 2.75) is 0 Å². The van der Waals surface area contributed by atoms with Gasteiger partial charge in [-0.25, -0.2) is 0 Å². The van der Waals surface area contributed by atoms with Crippen molar-refractivity contribution in [2.24, 2.45) is 0 Å². The Morgan fingerprint density at radius 2 is 1.89 bits per heavy atom. The number of amides is 2. The molecular formula is C10H10N6O2. The predicted octanol–water partition coefficient (Wildman–Crippen LogP) is -0.188. The van der Waals surface area contributed by atoms with E-state index in [1.165, 1.54) is 0 Å². The zero-order chi connectivity index (χ0) is 13.0. The van der Waals surface area contributed by atoms with E-state index in [9.17, 15) is 9.59 Å². The Morgan fingerprint density at radius 3 is 2.44 bits per heavy atom. The van der Waals surface area contributed by atoms with Gasteiger partial charge in [0.25, 0.3) is 17.6 Å². The van der Waals surface area contributed by atoms with Crippen LogP contribution in [-0.4, -0.2) is 39.5 Å². The molecule has 8 heteroatoms. The van der Waals surface area contributed by atoms with Gasteiger partial charge in [0.1, 0.15) is 0 Å². The summed E-state index contributed by atoms with van der Waals surface area (Å²) in [5.41, 5.74) is 1.05. The van der Waals surface area contributed by atoms with E-state index in [2.05, 4.69) is 31.3 Å². The molecule has 2 amide bonds. The van der Waals surface area contributed by atoms with E-state index in [1.54, 1.807) is 31.3 Å². The number of rotatable bonds is 3. The lowest BCUT2D eigenvalue weighted by atomic mass is 10.2. The van der Waals surface area contributed by atoms with Gasteiger partial charge in [-0.2, -0.15) is 5.21 Å². The van der Waals surface area contributed by atoms with Gasteiger partial charge in [0, 0.05) is 18.3 Å². The van der Waals surface area contributed by atoms with Crippen molar-refractivity contribution >= 4 is 17.5 Å². The maximum absolute atomic E-state index is 11.6. The van der Waals surface area contributed by atoms with Crippen LogP contribution in [0, 0.1) is 0 Å². The first-order chi connectivity index (χ1) is 8.70. The van der Waals surface area contributed by atoms with Gasteiger partial charge in [-0.15, -0.1) is 10.2 Å². The smallest absolute Gasteiger partial charge is 0.297 e. The molecular weight excluding hydrogens is 236 g/mol. The first-order valence-corrected chi connectivity index (χ1v) is 5.07. The highest BCUT2D eigenvalue weighted by molar-refractivity contribution is 6.01. The molecule has 3 N–H and O–H groups in total. The van der Waals surface area contributed by atoms with Crippen molar-refractivity contribution < 1.29 is 9.59 Å². The fraction of sp³-hybridized carbons (Fsp3) is 0.100. The lowest BCUT2D eigenvalue weighted by molar-refractivity contribution is 0.0962. The van der Waals surface area contributed by atoms with Crippen molar-refractivity contribution in [2.75, 3.05) is 12.4 Å². The van der Waals surface area contributed by atoms with Crippen molar-refractivity contribution in [1.82, 2.24) is 25.9 Å². The highest BCUT2D eigenvalue weighted by Crippen LogP contribution is 2.10. The first kappa shape index (κ1) is 11.7. The molecule has 0 bridgehead atoms. The maximum Gasteiger partial charge on any atom is 0.297 e. The Labute approximate surface area is 102 Å². The zero-order valence-corrected chi connectivity index (χ0v) is 9.47. The highest BCUT2D eigenvalue weighted by atomic mass is 16.2. The Morgan fingerprint density at radius 1 is 1.17 bits per heavy atom. The number of carbonyl (C=O) groups excluding carboxylic acids is 2. The van der Waals surface area contributed by atoms with Gasteiger partial charge < -0.3 is 10.6 Å². The number of H-pyrrole nitrogens is 1. The monoisotopic (exact) mass is 246 g/mol. The van der Waals surface area contributed by atoms with Crippen LogP contribution < -0.4 is 10.6 Å². The SMILES string of the molecule is CNC(=O)c1ccc(NC(=O)c2nn[nH]n2)cc1. The van der Waals surface area contributed by atoms with E-state index >= 15 is 0 Å². The number of anilines is 1. The van der Waals surface area contributed by atoms with E-state index in [0.717, 1.165) is 0 Å². The third kappa shape index (κ3) is 2.48. The highest BCUT2D eigenvalue weighted by Gasteiger charge is 2.11. The first-order valence-electron chi connectivity index (χ1n) is 5.07. The molecule has 0 aliphatic heterocycles. The van der Waals surface area contributed by atoms with Crippen molar-refractivity contribution in [3.63, 3.8) is 0 Å². The molecule has 2 rings (SSSR count). The summed E-state index contributed by atoms with van der Waals surface area (Å²) in [4.78, 5) is 22.9. The van der Waals surface area contributed by atoms with Gasteiger partial charge in [-0.1, -0.05) is 0 Å². The number of aromatic nitrogens is 4. The van der Waals surface area contributed by atoms with Crippen LogP contribution in [-0.2, 0) is 0 Å². The fourth-order valence-electron chi connectivity index (χ4n) is 1.29. The van der Waals surface area contributed by atoms with E-state index in [4.69, 9.17) is 0 Å². The van der Waals surface area contributed by atoms with E-state index in [0.29, 0.717) is 11.3 Å². The zero-order valence-electron chi connectivity index (χ0n) is 9.47. The summed E-state index contributed by atoms with van der Waals surface area (Å²) in [6, 6.07) is 6.43. The molecule has 0 spiro atoms. The van der Waals surface area contributed by atoms with Crippen LogP contribution in [0.3, 0.4) is 0 Å². The third-order valence-electron chi connectivity index (χ3n) is 2.18. The molecule has 1 aromatic carbocycles. The molecule has 92 valence electrons. The Kier molecular flexibility index (Phi) is 3.28. The molecule has 18 heavy (non-hydrogen) atoms. The fourth-order valence-corrected chi connectivity index (χ4v) is 1.29. The number of hydrogen-bond acceptors (Lipinski definition) is 5.